The molecule has 0 aliphatic rings. The van der Waals surface area contributed by atoms with Crippen molar-refractivity contribution in [2.45, 2.75) is 0 Å². The quantitative estimate of drug-likeness (QED) is 0.620. The van der Waals surface area contributed by atoms with E-state index in [1.54, 1.807) is 13.2 Å². The van der Waals surface area contributed by atoms with E-state index in [-0.39, 0.29) is 0 Å². The predicted molar refractivity (Wildman–Crippen MR) is 44.6 cm³/mol. The van der Waals surface area contributed by atoms with E-state index >= 15 is 0 Å². The highest BCUT2D eigenvalue weighted by Gasteiger charge is 1.96. The van der Waals surface area contributed by atoms with Crippen LogP contribution in [-0.2, 0) is 0 Å². The summed E-state index contributed by atoms with van der Waals surface area (Å²) in [5, 5.41) is 0. The van der Waals surface area contributed by atoms with Gasteiger partial charge in [-0.25, -0.2) is 0 Å². The zero-order valence-corrected chi connectivity index (χ0v) is 6.94. The molecular formula is C7H8N2OS. The molecule has 11 heavy (non-hydrogen) atoms. The number of nitrogens with two attached hydrogens (primary N) is 1. The maximum atomic E-state index is 5.20. The van der Waals surface area contributed by atoms with Crippen molar-refractivity contribution in [3.63, 3.8) is 0 Å². The van der Waals surface area contributed by atoms with Crippen LogP contribution in [0.2, 0.25) is 0 Å². The lowest BCUT2D eigenvalue weighted by Gasteiger charge is -1.85. The molecule has 0 spiro atoms. The second kappa shape index (κ2) is 3.96. The molecule has 1 rings (SSSR count). The second-order valence-corrected chi connectivity index (χ2v) is 2.54. The molecule has 3 nitrogen and oxygen atoms in total. The van der Waals surface area contributed by atoms with Crippen LogP contribution in [0, 0.1) is 11.8 Å². The summed E-state index contributed by atoms with van der Waals surface area (Å²) in [6.07, 6.45) is 0. The molecular weight excluding hydrogens is 160 g/mol. The largest absolute Gasteiger partial charge is 0.480 e. The van der Waals surface area contributed by atoms with Gasteiger partial charge in [0, 0.05) is 6.07 Å². The van der Waals surface area contributed by atoms with E-state index in [1.807, 2.05) is 0 Å². The summed E-state index contributed by atoms with van der Waals surface area (Å²) >= 11 is 1.31. The first kappa shape index (κ1) is 8.05. The van der Waals surface area contributed by atoms with Crippen LogP contribution in [-0.4, -0.2) is 18.0 Å². The van der Waals surface area contributed by atoms with E-state index < -0.39 is 0 Å². The van der Waals surface area contributed by atoms with Crippen molar-refractivity contribution in [1.29, 1.82) is 0 Å². The maximum absolute atomic E-state index is 5.20. The molecule has 0 saturated carbocycles. The van der Waals surface area contributed by atoms with Gasteiger partial charge in [-0.05, 0) is 11.5 Å². The summed E-state index contributed by atoms with van der Waals surface area (Å²) in [5.41, 5.74) is 5.20. The maximum Gasteiger partial charge on any atom is 0.226 e. The van der Waals surface area contributed by atoms with Gasteiger partial charge in [-0.1, -0.05) is 11.8 Å². The summed E-state index contributed by atoms with van der Waals surface area (Å²) in [6.45, 7) is 0.375. The second-order valence-electron chi connectivity index (χ2n) is 1.74. The van der Waals surface area contributed by atoms with Crippen LogP contribution in [0.4, 0.5) is 0 Å². The van der Waals surface area contributed by atoms with E-state index in [4.69, 9.17) is 10.5 Å². The van der Waals surface area contributed by atoms with Gasteiger partial charge >= 0.3 is 0 Å². The monoisotopic (exact) mass is 168 g/mol. The third-order valence-electron chi connectivity index (χ3n) is 1.01. The molecule has 0 aromatic carbocycles. The van der Waals surface area contributed by atoms with E-state index in [2.05, 4.69) is 16.2 Å². The minimum Gasteiger partial charge on any atom is -0.480 e. The molecule has 1 aromatic heterocycles. The number of methoxy groups -OCH3 is 1. The first-order chi connectivity index (χ1) is 5.36. The van der Waals surface area contributed by atoms with Gasteiger partial charge in [-0.15, -0.1) is 0 Å². The molecule has 2 N–H and O–H groups in total. The Hall–Kier alpha value is -1.05. The third-order valence-corrected chi connectivity index (χ3v) is 1.70. The van der Waals surface area contributed by atoms with E-state index in [1.165, 1.54) is 11.5 Å². The lowest BCUT2D eigenvalue weighted by molar-refractivity contribution is 0.402. The number of rotatable bonds is 1. The Morgan fingerprint density at radius 2 is 2.64 bits per heavy atom. The number of hydrogen-bond donors (Lipinski definition) is 1. The molecule has 0 aliphatic heterocycles. The average molecular weight is 168 g/mol. The van der Waals surface area contributed by atoms with Crippen molar-refractivity contribution in [3.05, 3.63) is 10.9 Å². The van der Waals surface area contributed by atoms with E-state index in [0.29, 0.717) is 12.4 Å². The number of hydrogen-bond acceptors (Lipinski definition) is 4. The van der Waals surface area contributed by atoms with Crippen LogP contribution in [0.3, 0.4) is 0 Å². The topological polar surface area (TPSA) is 48.1 Å². The Morgan fingerprint density at radius 3 is 3.18 bits per heavy atom. The molecule has 0 fully saturated rings. The fourth-order valence-electron chi connectivity index (χ4n) is 0.552. The summed E-state index contributed by atoms with van der Waals surface area (Å²) in [6, 6.07) is 1.79. The Bertz CT molecular complexity index is 284. The van der Waals surface area contributed by atoms with Crippen molar-refractivity contribution in [3.8, 4) is 17.7 Å². The molecule has 1 aromatic rings. The van der Waals surface area contributed by atoms with Crippen molar-refractivity contribution in [2.75, 3.05) is 13.7 Å². The molecule has 0 atom stereocenters. The van der Waals surface area contributed by atoms with Crippen molar-refractivity contribution >= 4 is 11.5 Å². The Morgan fingerprint density at radius 1 is 1.82 bits per heavy atom. The molecule has 0 saturated heterocycles. The fraction of sp³-hybridized carbons (Fsp3) is 0.286. The zero-order valence-electron chi connectivity index (χ0n) is 6.13. The summed E-state index contributed by atoms with van der Waals surface area (Å²) in [5.74, 6) is 6.20. The lowest BCUT2D eigenvalue weighted by Crippen LogP contribution is -1.92. The van der Waals surface area contributed by atoms with Gasteiger partial charge in [0.25, 0.3) is 0 Å². The Balaban J connectivity index is 2.72. The average Bonchev–Trinajstić information content (AvgIpc) is 2.48. The summed E-state index contributed by atoms with van der Waals surface area (Å²) in [4.78, 5) is 0.882. The van der Waals surface area contributed by atoms with Crippen molar-refractivity contribution in [1.82, 2.24) is 4.37 Å². The van der Waals surface area contributed by atoms with Gasteiger partial charge < -0.3 is 10.5 Å². The van der Waals surface area contributed by atoms with Crippen LogP contribution in [0.15, 0.2) is 6.07 Å². The van der Waals surface area contributed by atoms with Crippen molar-refractivity contribution < 1.29 is 4.74 Å². The van der Waals surface area contributed by atoms with Gasteiger partial charge in [0.15, 0.2) is 0 Å². The molecule has 0 aliphatic carbocycles. The predicted octanol–water partition coefficient (Wildman–Crippen LogP) is 0.462. The number of nitrogens with zero attached hydrogens (tertiary/aromatic N) is 1. The molecule has 0 unspecified atom stereocenters. The van der Waals surface area contributed by atoms with Crippen LogP contribution >= 0.6 is 11.5 Å². The van der Waals surface area contributed by atoms with Gasteiger partial charge in [0.05, 0.1) is 13.7 Å². The molecule has 0 amide bonds. The van der Waals surface area contributed by atoms with Gasteiger partial charge in [-0.3, -0.25) is 0 Å². The molecule has 0 radical (unpaired) electrons. The fourth-order valence-corrected chi connectivity index (χ4v) is 1.14. The zero-order chi connectivity index (χ0) is 8.10. The first-order valence-corrected chi connectivity index (χ1v) is 3.84. The highest BCUT2D eigenvalue weighted by Crippen LogP contribution is 2.14. The minimum absolute atomic E-state index is 0.375. The van der Waals surface area contributed by atoms with Gasteiger partial charge in [-0.2, -0.15) is 4.37 Å². The van der Waals surface area contributed by atoms with Gasteiger partial charge in [0.2, 0.25) is 5.88 Å². The molecule has 1 heterocycles. The number of aromatic nitrogens is 1. The highest BCUT2D eigenvalue weighted by atomic mass is 32.1. The first-order valence-electron chi connectivity index (χ1n) is 3.06. The number of ether oxygens (including phenoxy) is 1. The SMILES string of the molecule is COc1cc(C#CCN)sn1. The standard InChI is InChI=1S/C7H8N2OS/c1-10-7-5-6(11-9-7)3-2-4-8/h5H,4,8H2,1H3. The van der Waals surface area contributed by atoms with Crippen LogP contribution in [0.1, 0.15) is 4.88 Å². The van der Waals surface area contributed by atoms with E-state index in [0.717, 1.165) is 4.88 Å². The smallest absolute Gasteiger partial charge is 0.226 e. The normalized spacial score (nSPS) is 8.55. The summed E-state index contributed by atoms with van der Waals surface area (Å²) < 4.78 is 8.84. The lowest BCUT2D eigenvalue weighted by atomic mass is 10.4. The molecule has 0 bridgehead atoms. The Kier molecular flexibility index (Phi) is 2.90. The van der Waals surface area contributed by atoms with E-state index in [9.17, 15) is 0 Å². The highest BCUT2D eigenvalue weighted by molar-refractivity contribution is 7.06. The van der Waals surface area contributed by atoms with Gasteiger partial charge in [0.1, 0.15) is 4.88 Å². The Labute approximate surface area is 69.3 Å². The van der Waals surface area contributed by atoms with Crippen LogP contribution in [0.25, 0.3) is 0 Å². The molecule has 4 heteroatoms. The summed E-state index contributed by atoms with van der Waals surface area (Å²) in [7, 11) is 1.58. The van der Waals surface area contributed by atoms with Crippen LogP contribution in [0.5, 0.6) is 5.88 Å². The molecule has 58 valence electrons. The van der Waals surface area contributed by atoms with Crippen molar-refractivity contribution in [2.24, 2.45) is 5.73 Å². The van der Waals surface area contributed by atoms with Crippen LogP contribution < -0.4 is 10.5 Å². The third kappa shape index (κ3) is 2.22. The minimum atomic E-state index is 0.375.